The van der Waals surface area contributed by atoms with Crippen LogP contribution < -0.4 is 10.6 Å². The van der Waals surface area contributed by atoms with Crippen LogP contribution in [0.2, 0.25) is 5.02 Å². The van der Waals surface area contributed by atoms with Gasteiger partial charge in [0, 0.05) is 36.7 Å². The molecule has 2 N–H and O–H groups in total. The molecule has 0 spiro atoms. The lowest BCUT2D eigenvalue weighted by Crippen LogP contribution is -2.41. The summed E-state index contributed by atoms with van der Waals surface area (Å²) in [6.45, 7) is 8.10. The van der Waals surface area contributed by atoms with Crippen molar-refractivity contribution in [3.63, 3.8) is 0 Å². The Hall–Kier alpha value is -0.530. The molecule has 4 nitrogen and oxygen atoms in total. The summed E-state index contributed by atoms with van der Waals surface area (Å²) >= 11 is 6.46. The lowest BCUT2D eigenvalue weighted by atomic mass is 9.74. The van der Waals surface area contributed by atoms with Crippen LogP contribution in [0.15, 0.2) is 29.3 Å². The van der Waals surface area contributed by atoms with Crippen molar-refractivity contribution in [2.24, 2.45) is 4.99 Å². The molecule has 1 fully saturated rings. The molecule has 130 valence electrons. The maximum Gasteiger partial charge on any atom is 0.191 e. The highest BCUT2D eigenvalue weighted by Gasteiger charge is 2.36. The summed E-state index contributed by atoms with van der Waals surface area (Å²) in [5, 5.41) is 7.39. The van der Waals surface area contributed by atoms with Crippen LogP contribution in [-0.2, 0) is 10.2 Å². The molecular weight excluding hydrogens is 425 g/mol. The van der Waals surface area contributed by atoms with Crippen molar-refractivity contribution in [3.05, 3.63) is 34.9 Å². The first-order chi connectivity index (χ1) is 10.7. The van der Waals surface area contributed by atoms with Crippen LogP contribution in [0.5, 0.6) is 0 Å². The van der Waals surface area contributed by atoms with Gasteiger partial charge in [-0.25, -0.2) is 0 Å². The third-order valence-corrected chi connectivity index (χ3v) is 4.45. The predicted molar refractivity (Wildman–Crippen MR) is 108 cm³/mol. The Balaban J connectivity index is 0.00000264. The second-order valence-corrected chi connectivity index (χ2v) is 6.01. The maximum absolute atomic E-state index is 6.46. The molecule has 1 heterocycles. The number of ether oxygens (including phenoxy) is 1. The van der Waals surface area contributed by atoms with Gasteiger partial charge in [0.05, 0.1) is 6.54 Å². The van der Waals surface area contributed by atoms with Gasteiger partial charge < -0.3 is 15.4 Å². The zero-order chi connectivity index (χ0) is 15.8. The van der Waals surface area contributed by atoms with E-state index >= 15 is 0 Å². The van der Waals surface area contributed by atoms with Gasteiger partial charge in [-0.05, 0) is 38.3 Å². The fourth-order valence-corrected chi connectivity index (χ4v) is 3.24. The number of rotatable bonds is 5. The number of halogens is 2. The average molecular weight is 452 g/mol. The van der Waals surface area contributed by atoms with Gasteiger partial charge in [0.15, 0.2) is 5.96 Å². The molecule has 0 aromatic heterocycles. The van der Waals surface area contributed by atoms with E-state index in [-0.39, 0.29) is 29.4 Å². The zero-order valence-electron chi connectivity index (χ0n) is 13.9. The van der Waals surface area contributed by atoms with Crippen LogP contribution in [0, 0.1) is 0 Å². The van der Waals surface area contributed by atoms with Crippen LogP contribution in [-0.4, -0.2) is 38.8 Å². The van der Waals surface area contributed by atoms with E-state index in [0.717, 1.165) is 56.7 Å². The summed E-state index contributed by atoms with van der Waals surface area (Å²) in [5.74, 6) is 0.864. The molecule has 0 radical (unpaired) electrons. The molecule has 0 bridgehead atoms. The molecule has 1 aliphatic rings. The van der Waals surface area contributed by atoms with Gasteiger partial charge in [0.25, 0.3) is 0 Å². The van der Waals surface area contributed by atoms with E-state index in [2.05, 4.69) is 36.6 Å². The monoisotopic (exact) mass is 451 g/mol. The van der Waals surface area contributed by atoms with Crippen LogP contribution in [0.1, 0.15) is 32.3 Å². The quantitative estimate of drug-likeness (QED) is 0.409. The summed E-state index contributed by atoms with van der Waals surface area (Å²) in [6.07, 6.45) is 1.90. The molecule has 2 rings (SSSR count). The SMILES string of the molecule is CCNC(=NCC1(c2ccccc2Cl)CCOCC1)NCC.I. The fourth-order valence-electron chi connectivity index (χ4n) is 2.91. The lowest BCUT2D eigenvalue weighted by Gasteiger charge is -2.37. The summed E-state index contributed by atoms with van der Waals surface area (Å²) in [4.78, 5) is 4.80. The number of nitrogens with one attached hydrogen (secondary N) is 2. The van der Waals surface area contributed by atoms with Crippen molar-refractivity contribution in [2.75, 3.05) is 32.8 Å². The van der Waals surface area contributed by atoms with Crippen LogP contribution in [0.3, 0.4) is 0 Å². The molecule has 0 amide bonds. The highest BCUT2D eigenvalue weighted by Crippen LogP contribution is 2.38. The zero-order valence-corrected chi connectivity index (χ0v) is 17.0. The van der Waals surface area contributed by atoms with Gasteiger partial charge in [-0.2, -0.15) is 0 Å². The second kappa shape index (κ2) is 10.4. The Labute approximate surface area is 161 Å². The molecule has 1 aromatic rings. The van der Waals surface area contributed by atoms with Crippen LogP contribution in [0.25, 0.3) is 0 Å². The Morgan fingerprint density at radius 2 is 1.78 bits per heavy atom. The Bertz CT molecular complexity index is 496. The first-order valence-corrected chi connectivity index (χ1v) is 8.44. The van der Waals surface area contributed by atoms with Crippen molar-refractivity contribution in [2.45, 2.75) is 32.1 Å². The van der Waals surface area contributed by atoms with E-state index in [0.29, 0.717) is 0 Å². The van der Waals surface area contributed by atoms with Gasteiger partial charge in [0.2, 0.25) is 0 Å². The minimum atomic E-state index is -0.0350. The first kappa shape index (κ1) is 20.5. The number of benzene rings is 1. The van der Waals surface area contributed by atoms with Gasteiger partial charge in [-0.15, -0.1) is 24.0 Å². The number of nitrogens with zero attached hydrogens (tertiary/aromatic N) is 1. The average Bonchev–Trinajstić information content (AvgIpc) is 2.54. The molecule has 0 aliphatic carbocycles. The third kappa shape index (κ3) is 5.50. The van der Waals surface area contributed by atoms with Crippen molar-refractivity contribution in [3.8, 4) is 0 Å². The van der Waals surface area contributed by atoms with E-state index in [4.69, 9.17) is 21.3 Å². The van der Waals surface area contributed by atoms with E-state index in [9.17, 15) is 0 Å². The molecule has 0 atom stereocenters. The largest absolute Gasteiger partial charge is 0.381 e. The summed E-state index contributed by atoms with van der Waals surface area (Å²) in [7, 11) is 0. The van der Waals surface area contributed by atoms with E-state index < -0.39 is 0 Å². The molecule has 1 saturated heterocycles. The predicted octanol–water partition coefficient (Wildman–Crippen LogP) is 3.58. The summed E-state index contributed by atoms with van der Waals surface area (Å²) in [6, 6.07) is 8.12. The van der Waals surface area contributed by atoms with Gasteiger partial charge in [-0.1, -0.05) is 29.8 Å². The number of guanidine groups is 1. The molecule has 23 heavy (non-hydrogen) atoms. The van der Waals surface area contributed by atoms with E-state index in [1.54, 1.807) is 0 Å². The molecule has 0 unspecified atom stereocenters. The highest BCUT2D eigenvalue weighted by molar-refractivity contribution is 14.0. The summed E-state index contributed by atoms with van der Waals surface area (Å²) in [5.41, 5.74) is 1.16. The minimum Gasteiger partial charge on any atom is -0.381 e. The standard InChI is InChI=1S/C17H26ClN3O.HI/c1-3-19-16(20-4-2)21-13-17(9-11-22-12-10-17)14-7-5-6-8-15(14)18;/h5-8H,3-4,9-13H2,1-2H3,(H2,19,20,21);1H. The smallest absolute Gasteiger partial charge is 0.191 e. The molecule has 6 heteroatoms. The molecule has 1 aromatic carbocycles. The van der Waals surface area contributed by atoms with Crippen molar-refractivity contribution >= 4 is 41.5 Å². The van der Waals surface area contributed by atoms with E-state index in [1.807, 2.05) is 12.1 Å². The van der Waals surface area contributed by atoms with Gasteiger partial charge in [-0.3, -0.25) is 4.99 Å². The highest BCUT2D eigenvalue weighted by atomic mass is 127. The van der Waals surface area contributed by atoms with Crippen LogP contribution >= 0.6 is 35.6 Å². The minimum absolute atomic E-state index is 0. The van der Waals surface area contributed by atoms with Crippen molar-refractivity contribution < 1.29 is 4.74 Å². The number of hydrogen-bond donors (Lipinski definition) is 2. The van der Waals surface area contributed by atoms with Crippen molar-refractivity contribution in [1.29, 1.82) is 0 Å². The Kier molecular flexibility index (Phi) is 9.24. The number of hydrogen-bond acceptors (Lipinski definition) is 2. The fraction of sp³-hybridized carbons (Fsp3) is 0.588. The summed E-state index contributed by atoms with van der Waals surface area (Å²) < 4.78 is 5.57. The van der Waals surface area contributed by atoms with Crippen molar-refractivity contribution in [1.82, 2.24) is 10.6 Å². The van der Waals surface area contributed by atoms with Gasteiger partial charge in [0.1, 0.15) is 0 Å². The lowest BCUT2D eigenvalue weighted by molar-refractivity contribution is 0.0531. The normalized spacial score (nSPS) is 16.1. The Morgan fingerprint density at radius 1 is 1.17 bits per heavy atom. The van der Waals surface area contributed by atoms with Gasteiger partial charge >= 0.3 is 0 Å². The second-order valence-electron chi connectivity index (χ2n) is 5.60. The molecule has 0 saturated carbocycles. The topological polar surface area (TPSA) is 45.7 Å². The third-order valence-electron chi connectivity index (χ3n) is 4.12. The maximum atomic E-state index is 6.46. The molecular formula is C17H27ClIN3O. The number of aliphatic imine (C=N–C) groups is 1. The van der Waals surface area contributed by atoms with E-state index in [1.165, 1.54) is 5.56 Å². The first-order valence-electron chi connectivity index (χ1n) is 8.07. The molecule has 1 aliphatic heterocycles. The van der Waals surface area contributed by atoms with Crippen LogP contribution in [0.4, 0.5) is 0 Å². The Morgan fingerprint density at radius 3 is 2.35 bits per heavy atom.